The van der Waals surface area contributed by atoms with E-state index in [1.54, 1.807) is 11.9 Å². The van der Waals surface area contributed by atoms with Crippen LogP contribution in [0.4, 0.5) is 11.4 Å². The molecule has 0 bridgehead atoms. The minimum atomic E-state index is -0.153. The Kier molecular flexibility index (Phi) is 3.88. The van der Waals surface area contributed by atoms with Crippen LogP contribution in [0.3, 0.4) is 0 Å². The third-order valence-corrected chi connectivity index (χ3v) is 3.96. The molecule has 5 heteroatoms. The van der Waals surface area contributed by atoms with Crippen molar-refractivity contribution in [2.24, 2.45) is 5.92 Å². The average molecular weight is 299 g/mol. The van der Waals surface area contributed by atoms with Gasteiger partial charge < -0.3 is 14.2 Å². The zero-order chi connectivity index (χ0) is 15.7. The first-order valence-electron chi connectivity index (χ1n) is 7.55. The van der Waals surface area contributed by atoms with Crippen LogP contribution in [0.15, 0.2) is 34.9 Å². The molecule has 0 atom stereocenters. The maximum Gasteiger partial charge on any atom is 0.280 e. The van der Waals surface area contributed by atoms with E-state index in [1.165, 1.54) is 19.1 Å². The molecule has 3 rings (SSSR count). The fraction of sp³-hybridized carbons (Fsp3) is 0.412. The minimum absolute atomic E-state index is 0.153. The van der Waals surface area contributed by atoms with E-state index < -0.39 is 0 Å². The fourth-order valence-corrected chi connectivity index (χ4v) is 2.48. The van der Waals surface area contributed by atoms with Gasteiger partial charge in [-0.15, -0.1) is 0 Å². The van der Waals surface area contributed by atoms with Crippen LogP contribution < -0.4 is 9.80 Å². The van der Waals surface area contributed by atoms with Gasteiger partial charge in [0.15, 0.2) is 11.6 Å². The van der Waals surface area contributed by atoms with E-state index in [2.05, 4.69) is 4.98 Å². The predicted octanol–water partition coefficient (Wildman–Crippen LogP) is 2.97. The predicted molar refractivity (Wildman–Crippen MR) is 86.4 cm³/mol. The van der Waals surface area contributed by atoms with Gasteiger partial charge in [-0.1, -0.05) is 12.1 Å². The fourth-order valence-electron chi connectivity index (χ4n) is 2.48. The summed E-state index contributed by atoms with van der Waals surface area (Å²) in [7, 11) is 5.68. The minimum Gasteiger partial charge on any atom is -0.448 e. The molecule has 1 aromatic carbocycles. The van der Waals surface area contributed by atoms with E-state index >= 15 is 0 Å². The highest BCUT2D eigenvalue weighted by Crippen LogP contribution is 2.32. The van der Waals surface area contributed by atoms with E-state index in [0.29, 0.717) is 17.5 Å². The van der Waals surface area contributed by atoms with Gasteiger partial charge in [-0.2, -0.15) is 0 Å². The number of aromatic nitrogens is 1. The van der Waals surface area contributed by atoms with Crippen LogP contribution in [0.5, 0.6) is 0 Å². The lowest BCUT2D eigenvalue weighted by molar-refractivity contribution is 0.0988. The van der Waals surface area contributed by atoms with Gasteiger partial charge in [0.05, 0.1) is 11.4 Å². The van der Waals surface area contributed by atoms with E-state index in [0.717, 1.165) is 17.8 Å². The summed E-state index contributed by atoms with van der Waals surface area (Å²) < 4.78 is 5.43. The number of anilines is 2. The smallest absolute Gasteiger partial charge is 0.280 e. The summed E-state index contributed by atoms with van der Waals surface area (Å²) in [5.74, 6) is 1.20. The van der Waals surface area contributed by atoms with Gasteiger partial charge >= 0.3 is 0 Å². The van der Waals surface area contributed by atoms with E-state index in [-0.39, 0.29) is 5.91 Å². The number of hydrogen-bond donors (Lipinski definition) is 0. The van der Waals surface area contributed by atoms with Gasteiger partial charge in [0.25, 0.3) is 5.91 Å². The maximum absolute atomic E-state index is 12.6. The topological polar surface area (TPSA) is 49.6 Å². The van der Waals surface area contributed by atoms with Crippen LogP contribution in [0, 0.1) is 5.92 Å². The van der Waals surface area contributed by atoms with Crippen LogP contribution in [0.25, 0.3) is 0 Å². The van der Waals surface area contributed by atoms with E-state index in [1.807, 2.05) is 43.3 Å². The van der Waals surface area contributed by atoms with Crippen LogP contribution >= 0.6 is 0 Å². The Labute approximate surface area is 130 Å². The highest BCUT2D eigenvalue weighted by atomic mass is 16.3. The normalized spacial score (nSPS) is 14.0. The molecule has 1 amide bonds. The van der Waals surface area contributed by atoms with E-state index in [9.17, 15) is 4.79 Å². The molecule has 116 valence electrons. The second-order valence-corrected chi connectivity index (χ2v) is 6.02. The molecular formula is C17H21N3O2. The van der Waals surface area contributed by atoms with Crippen molar-refractivity contribution in [2.45, 2.75) is 19.3 Å². The molecular weight excluding hydrogens is 278 g/mol. The van der Waals surface area contributed by atoms with Crippen molar-refractivity contribution in [1.29, 1.82) is 0 Å². The summed E-state index contributed by atoms with van der Waals surface area (Å²) in [4.78, 5) is 20.6. The summed E-state index contributed by atoms with van der Waals surface area (Å²) in [5.41, 5.74) is 2.20. The van der Waals surface area contributed by atoms with Gasteiger partial charge in [0.1, 0.15) is 6.26 Å². The largest absolute Gasteiger partial charge is 0.448 e. The molecule has 0 aliphatic heterocycles. The van der Waals surface area contributed by atoms with Crippen molar-refractivity contribution in [3.63, 3.8) is 0 Å². The first-order valence-corrected chi connectivity index (χ1v) is 7.55. The Balaban J connectivity index is 1.80. The summed E-state index contributed by atoms with van der Waals surface area (Å²) >= 11 is 0. The lowest BCUT2D eigenvalue weighted by atomic mass is 10.2. The number of carbonyl (C=O) groups excluding carboxylic acids is 1. The highest BCUT2D eigenvalue weighted by Gasteiger charge is 2.25. The van der Waals surface area contributed by atoms with Crippen molar-refractivity contribution >= 4 is 17.3 Å². The summed E-state index contributed by atoms with van der Waals surface area (Å²) in [6.07, 6.45) is 4.78. The molecule has 1 aliphatic carbocycles. The van der Waals surface area contributed by atoms with Crippen molar-refractivity contribution in [2.75, 3.05) is 30.9 Å². The number of oxazole rings is 1. The third kappa shape index (κ3) is 2.98. The zero-order valence-electron chi connectivity index (χ0n) is 13.2. The Morgan fingerprint density at radius 1 is 1.23 bits per heavy atom. The number of hydrogen-bond acceptors (Lipinski definition) is 4. The molecule has 0 saturated heterocycles. The lowest BCUT2D eigenvalue weighted by Crippen LogP contribution is -2.28. The van der Waals surface area contributed by atoms with Crippen LogP contribution in [0.2, 0.25) is 0 Å². The average Bonchev–Trinajstić information content (AvgIpc) is 3.21. The second-order valence-electron chi connectivity index (χ2n) is 6.02. The van der Waals surface area contributed by atoms with Gasteiger partial charge in [-0.3, -0.25) is 4.79 Å². The van der Waals surface area contributed by atoms with Crippen LogP contribution in [-0.2, 0) is 6.42 Å². The zero-order valence-corrected chi connectivity index (χ0v) is 13.2. The quantitative estimate of drug-likeness (QED) is 0.851. The van der Waals surface area contributed by atoms with Crippen molar-refractivity contribution in [1.82, 2.24) is 4.98 Å². The molecule has 0 N–H and O–H groups in total. The van der Waals surface area contributed by atoms with Crippen molar-refractivity contribution in [3.8, 4) is 0 Å². The molecule has 0 unspecified atom stereocenters. The molecule has 1 saturated carbocycles. The SMILES string of the molecule is CN(C)c1ccccc1N(C)C(=O)c1coc(CC2CC2)n1. The Morgan fingerprint density at radius 3 is 2.55 bits per heavy atom. The molecule has 0 spiro atoms. The van der Waals surface area contributed by atoms with Gasteiger partial charge in [-0.05, 0) is 30.9 Å². The monoisotopic (exact) mass is 299 g/mol. The van der Waals surface area contributed by atoms with E-state index in [4.69, 9.17) is 4.42 Å². The molecule has 0 radical (unpaired) electrons. The summed E-state index contributed by atoms with van der Waals surface area (Å²) in [6, 6.07) is 7.80. The molecule has 5 nitrogen and oxygen atoms in total. The maximum atomic E-state index is 12.6. The molecule has 1 heterocycles. The van der Waals surface area contributed by atoms with Crippen LogP contribution in [-0.4, -0.2) is 32.0 Å². The van der Waals surface area contributed by atoms with Gasteiger partial charge in [0, 0.05) is 27.6 Å². The Morgan fingerprint density at radius 2 is 1.91 bits per heavy atom. The number of benzene rings is 1. The number of nitrogens with zero attached hydrogens (tertiary/aromatic N) is 3. The number of rotatable bonds is 5. The summed E-state index contributed by atoms with van der Waals surface area (Å²) in [6.45, 7) is 0. The summed E-state index contributed by atoms with van der Waals surface area (Å²) in [5, 5.41) is 0. The Bertz CT molecular complexity index is 674. The number of carbonyl (C=O) groups is 1. The number of para-hydroxylation sites is 2. The molecule has 1 fully saturated rings. The van der Waals surface area contributed by atoms with Crippen molar-refractivity contribution < 1.29 is 9.21 Å². The standard InChI is InChI=1S/C17H21N3O2/c1-19(2)14-6-4-5-7-15(14)20(3)17(21)13-11-22-16(18-13)10-12-8-9-12/h4-7,11-12H,8-10H2,1-3H3. The van der Waals surface area contributed by atoms with Gasteiger partial charge in [-0.25, -0.2) is 4.98 Å². The van der Waals surface area contributed by atoms with Crippen LogP contribution in [0.1, 0.15) is 29.2 Å². The second kappa shape index (κ2) is 5.83. The number of amides is 1. The highest BCUT2D eigenvalue weighted by molar-refractivity contribution is 6.06. The molecule has 22 heavy (non-hydrogen) atoms. The first-order chi connectivity index (χ1) is 10.6. The van der Waals surface area contributed by atoms with Crippen molar-refractivity contribution in [3.05, 3.63) is 42.1 Å². The molecule has 2 aromatic rings. The molecule has 1 aromatic heterocycles. The molecule has 1 aliphatic rings. The first kappa shape index (κ1) is 14.6. The van der Waals surface area contributed by atoms with Gasteiger partial charge in [0.2, 0.25) is 0 Å². The lowest BCUT2D eigenvalue weighted by Gasteiger charge is -2.23. The Hall–Kier alpha value is -2.30. The third-order valence-electron chi connectivity index (χ3n) is 3.96.